The Labute approximate surface area is 100.0 Å². The normalized spacial score (nSPS) is 15.5. The van der Waals surface area contributed by atoms with E-state index in [-0.39, 0.29) is 5.91 Å². The summed E-state index contributed by atoms with van der Waals surface area (Å²) in [7, 11) is 0. The Hall–Kier alpha value is -1.00. The van der Waals surface area contributed by atoms with Gasteiger partial charge in [0.1, 0.15) is 0 Å². The third kappa shape index (κ3) is 3.54. The van der Waals surface area contributed by atoms with E-state index in [1.54, 1.807) is 11.8 Å². The number of hydrogen-bond acceptors (Lipinski definition) is 3. The van der Waals surface area contributed by atoms with Crippen LogP contribution in [0.3, 0.4) is 0 Å². The molecule has 0 bridgehead atoms. The Balaban J connectivity index is 1.63. The van der Waals surface area contributed by atoms with E-state index in [1.165, 1.54) is 0 Å². The summed E-state index contributed by atoms with van der Waals surface area (Å²) in [6, 6.07) is 10.00. The molecule has 2 N–H and O–H groups in total. The first-order valence-corrected chi connectivity index (χ1v) is 6.48. The highest BCUT2D eigenvalue weighted by Gasteiger charge is 2.16. The number of rotatable bonds is 5. The summed E-state index contributed by atoms with van der Waals surface area (Å²) >= 11 is 1.58. The maximum Gasteiger partial charge on any atom is 0.230 e. The number of thioether (sulfide) groups is 1. The van der Waals surface area contributed by atoms with Gasteiger partial charge in [0, 0.05) is 30.4 Å². The maximum absolute atomic E-state index is 11.5. The first-order valence-electron chi connectivity index (χ1n) is 5.50. The summed E-state index contributed by atoms with van der Waals surface area (Å²) in [4.78, 5) is 12.7. The predicted molar refractivity (Wildman–Crippen MR) is 66.5 cm³/mol. The van der Waals surface area contributed by atoms with Gasteiger partial charge in [-0.05, 0) is 12.1 Å². The minimum Gasteiger partial charge on any atom is -0.355 e. The molecule has 1 aromatic carbocycles. The highest BCUT2D eigenvalue weighted by molar-refractivity contribution is 8.00. The first-order chi connectivity index (χ1) is 7.84. The second-order valence-corrected chi connectivity index (χ2v) is 4.98. The zero-order valence-electron chi connectivity index (χ0n) is 9.11. The molecule has 1 heterocycles. The van der Waals surface area contributed by atoms with Crippen molar-refractivity contribution in [2.45, 2.75) is 4.90 Å². The topological polar surface area (TPSA) is 41.1 Å². The lowest BCUT2D eigenvalue weighted by atomic mass is 10.0. The van der Waals surface area contributed by atoms with Crippen molar-refractivity contribution in [3.8, 4) is 0 Å². The Morgan fingerprint density at radius 2 is 2.12 bits per heavy atom. The van der Waals surface area contributed by atoms with Crippen LogP contribution in [0.4, 0.5) is 0 Å². The van der Waals surface area contributed by atoms with E-state index in [1.807, 2.05) is 30.3 Å². The van der Waals surface area contributed by atoms with Crippen molar-refractivity contribution < 1.29 is 4.79 Å². The summed E-state index contributed by atoms with van der Waals surface area (Å²) < 4.78 is 0. The van der Waals surface area contributed by atoms with Crippen LogP contribution in [0.25, 0.3) is 0 Å². The molecule has 1 fully saturated rings. The largest absolute Gasteiger partial charge is 0.355 e. The molecule has 2 rings (SSSR count). The minimum atomic E-state index is 0.126. The molecular weight excluding hydrogens is 220 g/mol. The summed E-state index contributed by atoms with van der Waals surface area (Å²) in [5.41, 5.74) is 0. The first kappa shape index (κ1) is 11.5. The van der Waals surface area contributed by atoms with E-state index in [2.05, 4.69) is 10.6 Å². The summed E-state index contributed by atoms with van der Waals surface area (Å²) in [5.74, 6) is 1.26. The molecule has 4 heteroatoms. The Kier molecular flexibility index (Phi) is 4.25. The smallest absolute Gasteiger partial charge is 0.230 e. The van der Waals surface area contributed by atoms with Crippen LogP contribution in [0.1, 0.15) is 0 Å². The SMILES string of the molecule is O=C(CSc1ccccc1)NCC1CNC1. The van der Waals surface area contributed by atoms with Crippen molar-refractivity contribution in [2.24, 2.45) is 5.92 Å². The zero-order chi connectivity index (χ0) is 11.2. The van der Waals surface area contributed by atoms with Crippen molar-refractivity contribution in [1.29, 1.82) is 0 Å². The standard InChI is InChI=1S/C12H16N2OS/c15-12(14-8-10-6-13-7-10)9-16-11-4-2-1-3-5-11/h1-5,10,13H,6-9H2,(H,14,15). The number of benzene rings is 1. The highest BCUT2D eigenvalue weighted by atomic mass is 32.2. The molecule has 86 valence electrons. The van der Waals surface area contributed by atoms with E-state index in [9.17, 15) is 4.79 Å². The van der Waals surface area contributed by atoms with Gasteiger partial charge < -0.3 is 10.6 Å². The molecule has 0 unspecified atom stereocenters. The van der Waals surface area contributed by atoms with Crippen molar-refractivity contribution in [1.82, 2.24) is 10.6 Å². The van der Waals surface area contributed by atoms with Gasteiger partial charge in [0.2, 0.25) is 5.91 Å². The van der Waals surface area contributed by atoms with Gasteiger partial charge in [-0.1, -0.05) is 18.2 Å². The molecule has 3 nitrogen and oxygen atoms in total. The fourth-order valence-corrected chi connectivity index (χ4v) is 2.22. The molecule has 0 radical (unpaired) electrons. The number of nitrogens with one attached hydrogen (secondary N) is 2. The van der Waals surface area contributed by atoms with Gasteiger partial charge >= 0.3 is 0 Å². The van der Waals surface area contributed by atoms with E-state index < -0.39 is 0 Å². The maximum atomic E-state index is 11.5. The van der Waals surface area contributed by atoms with Crippen LogP contribution in [-0.2, 0) is 4.79 Å². The highest BCUT2D eigenvalue weighted by Crippen LogP contribution is 2.16. The monoisotopic (exact) mass is 236 g/mol. The zero-order valence-corrected chi connectivity index (χ0v) is 9.93. The fraction of sp³-hybridized carbons (Fsp3) is 0.417. The summed E-state index contributed by atoms with van der Waals surface area (Å²) in [6.07, 6.45) is 0. The lowest BCUT2D eigenvalue weighted by Crippen LogP contribution is -2.48. The molecule has 1 aliphatic heterocycles. The fourth-order valence-electron chi connectivity index (χ4n) is 1.47. The number of amides is 1. The van der Waals surface area contributed by atoms with Crippen molar-refractivity contribution in [2.75, 3.05) is 25.4 Å². The van der Waals surface area contributed by atoms with Gasteiger partial charge in [-0.15, -0.1) is 11.8 Å². The van der Waals surface area contributed by atoms with Crippen LogP contribution in [-0.4, -0.2) is 31.3 Å². The van der Waals surface area contributed by atoms with Crippen molar-refractivity contribution in [3.63, 3.8) is 0 Å². The molecule has 0 spiro atoms. The molecule has 0 aliphatic carbocycles. The van der Waals surface area contributed by atoms with E-state index in [0.29, 0.717) is 11.7 Å². The van der Waals surface area contributed by atoms with E-state index in [0.717, 1.165) is 24.5 Å². The molecule has 1 aromatic rings. The molecule has 0 aromatic heterocycles. The minimum absolute atomic E-state index is 0.126. The predicted octanol–water partition coefficient (Wildman–Crippen LogP) is 1.11. The average Bonchev–Trinajstić information content (AvgIpc) is 2.26. The van der Waals surface area contributed by atoms with E-state index >= 15 is 0 Å². The molecule has 1 saturated heterocycles. The molecule has 1 aliphatic rings. The lowest BCUT2D eigenvalue weighted by Gasteiger charge is -2.27. The second kappa shape index (κ2) is 5.92. The van der Waals surface area contributed by atoms with Crippen LogP contribution in [0.2, 0.25) is 0 Å². The summed E-state index contributed by atoms with van der Waals surface area (Å²) in [5, 5.41) is 6.14. The van der Waals surface area contributed by atoms with Crippen LogP contribution >= 0.6 is 11.8 Å². The Bertz CT molecular complexity index is 338. The van der Waals surface area contributed by atoms with Gasteiger partial charge in [0.15, 0.2) is 0 Å². The Morgan fingerprint density at radius 1 is 1.38 bits per heavy atom. The quantitative estimate of drug-likeness (QED) is 0.753. The van der Waals surface area contributed by atoms with Crippen molar-refractivity contribution >= 4 is 17.7 Å². The average molecular weight is 236 g/mol. The third-order valence-electron chi connectivity index (χ3n) is 2.57. The van der Waals surface area contributed by atoms with Gasteiger partial charge in [0.25, 0.3) is 0 Å². The van der Waals surface area contributed by atoms with Gasteiger partial charge in [0.05, 0.1) is 5.75 Å². The number of carbonyl (C=O) groups excluding carboxylic acids is 1. The van der Waals surface area contributed by atoms with Crippen LogP contribution in [0.15, 0.2) is 35.2 Å². The van der Waals surface area contributed by atoms with E-state index in [4.69, 9.17) is 0 Å². The van der Waals surface area contributed by atoms with Crippen LogP contribution < -0.4 is 10.6 Å². The van der Waals surface area contributed by atoms with Crippen molar-refractivity contribution in [3.05, 3.63) is 30.3 Å². The lowest BCUT2D eigenvalue weighted by molar-refractivity contribution is -0.118. The van der Waals surface area contributed by atoms with Crippen LogP contribution in [0, 0.1) is 5.92 Å². The van der Waals surface area contributed by atoms with Gasteiger partial charge in [-0.25, -0.2) is 0 Å². The Morgan fingerprint density at radius 3 is 2.75 bits per heavy atom. The summed E-state index contributed by atoms with van der Waals surface area (Å²) in [6.45, 7) is 2.87. The molecule has 16 heavy (non-hydrogen) atoms. The van der Waals surface area contributed by atoms with Gasteiger partial charge in [-0.3, -0.25) is 4.79 Å². The molecular formula is C12H16N2OS. The molecule has 0 saturated carbocycles. The number of hydrogen-bond donors (Lipinski definition) is 2. The van der Waals surface area contributed by atoms with Crippen LogP contribution in [0.5, 0.6) is 0 Å². The molecule has 0 atom stereocenters. The van der Waals surface area contributed by atoms with Gasteiger partial charge in [-0.2, -0.15) is 0 Å². The number of carbonyl (C=O) groups is 1. The third-order valence-corrected chi connectivity index (χ3v) is 3.58. The second-order valence-electron chi connectivity index (χ2n) is 3.93. The molecule has 1 amide bonds.